The van der Waals surface area contributed by atoms with Gasteiger partial charge in [-0.15, -0.1) is 0 Å². The van der Waals surface area contributed by atoms with Crippen LogP contribution in [0.4, 0.5) is 10.2 Å². The van der Waals surface area contributed by atoms with Gasteiger partial charge in [-0.2, -0.15) is 0 Å². The van der Waals surface area contributed by atoms with Crippen LogP contribution in [0.5, 0.6) is 0 Å². The van der Waals surface area contributed by atoms with E-state index in [2.05, 4.69) is 25.9 Å². The first-order valence-electron chi connectivity index (χ1n) is 9.90. The molecule has 2 aliphatic carbocycles. The summed E-state index contributed by atoms with van der Waals surface area (Å²) >= 11 is 0. The van der Waals surface area contributed by atoms with E-state index in [0.717, 1.165) is 40.7 Å². The van der Waals surface area contributed by atoms with E-state index in [9.17, 15) is 4.39 Å². The fraction of sp³-hybridized carbons (Fsp3) is 0.318. The number of nitrogens with one attached hydrogen (secondary N) is 1. The summed E-state index contributed by atoms with van der Waals surface area (Å²) in [4.78, 5) is 14.1. The van der Waals surface area contributed by atoms with Crippen molar-refractivity contribution in [2.75, 3.05) is 5.32 Å². The highest BCUT2D eigenvalue weighted by Gasteiger charge is 2.37. The predicted molar refractivity (Wildman–Crippen MR) is 107 cm³/mol. The molecule has 2 aliphatic rings. The highest BCUT2D eigenvalue weighted by molar-refractivity contribution is 5.80. The Balaban J connectivity index is 1.22. The van der Waals surface area contributed by atoms with Gasteiger partial charge in [0.05, 0.1) is 5.52 Å². The zero-order valence-corrected chi connectivity index (χ0v) is 15.3. The van der Waals surface area contributed by atoms with E-state index in [-0.39, 0.29) is 5.82 Å². The summed E-state index contributed by atoms with van der Waals surface area (Å²) in [6.45, 7) is 0. The number of halogens is 1. The summed E-state index contributed by atoms with van der Waals surface area (Å²) in [6, 6.07) is 13.4. The molecule has 2 saturated carbocycles. The first-order valence-corrected chi connectivity index (χ1v) is 9.90. The highest BCUT2D eigenvalue weighted by atomic mass is 19.1. The van der Waals surface area contributed by atoms with E-state index in [4.69, 9.17) is 4.98 Å². The molecule has 0 saturated heterocycles. The van der Waals surface area contributed by atoms with E-state index in [1.54, 1.807) is 6.07 Å². The Bertz CT molecular complexity index is 1190. The summed E-state index contributed by atoms with van der Waals surface area (Å²) in [5.41, 5.74) is 2.83. The monoisotopic (exact) mass is 373 g/mol. The van der Waals surface area contributed by atoms with Crippen LogP contribution >= 0.6 is 0 Å². The lowest BCUT2D eigenvalue weighted by atomic mass is 9.86. The predicted octanol–water partition coefficient (Wildman–Crippen LogP) is 4.81. The van der Waals surface area contributed by atoms with Crippen LogP contribution in [-0.2, 0) is 0 Å². The normalized spacial score (nSPS) is 21.8. The number of hydrogen-bond donors (Lipinski definition) is 1. The van der Waals surface area contributed by atoms with Crippen LogP contribution in [0.1, 0.15) is 43.5 Å². The van der Waals surface area contributed by atoms with Gasteiger partial charge in [0.25, 0.3) is 0 Å². The second-order valence-electron chi connectivity index (χ2n) is 7.96. The SMILES string of the molecule is Fc1ccc2nc(N[C@H]3C[C@H](n4c(C5CC5)nc5cccnc54)C3)ccc2c1. The summed E-state index contributed by atoms with van der Waals surface area (Å²) in [5.74, 6) is 2.43. The number of rotatable bonds is 4. The molecule has 0 unspecified atom stereocenters. The van der Waals surface area contributed by atoms with E-state index < -0.39 is 0 Å². The minimum absolute atomic E-state index is 0.232. The Morgan fingerprint density at radius 1 is 1.00 bits per heavy atom. The van der Waals surface area contributed by atoms with E-state index in [1.807, 2.05) is 24.4 Å². The summed E-state index contributed by atoms with van der Waals surface area (Å²) in [6.07, 6.45) is 6.39. The lowest BCUT2D eigenvalue weighted by Crippen LogP contribution is -2.37. The summed E-state index contributed by atoms with van der Waals surface area (Å²) < 4.78 is 15.7. The Morgan fingerprint density at radius 3 is 2.75 bits per heavy atom. The minimum Gasteiger partial charge on any atom is -0.367 e. The maximum Gasteiger partial charge on any atom is 0.160 e. The Kier molecular flexibility index (Phi) is 3.42. The molecule has 0 radical (unpaired) electrons. The van der Waals surface area contributed by atoms with Crippen molar-refractivity contribution in [2.45, 2.75) is 43.7 Å². The number of nitrogens with zero attached hydrogens (tertiary/aromatic N) is 4. The van der Waals surface area contributed by atoms with Crippen molar-refractivity contribution in [1.82, 2.24) is 19.5 Å². The highest BCUT2D eigenvalue weighted by Crippen LogP contribution is 2.45. The second kappa shape index (κ2) is 5.99. The average molecular weight is 373 g/mol. The largest absolute Gasteiger partial charge is 0.367 e. The molecule has 0 spiro atoms. The van der Waals surface area contributed by atoms with Crippen molar-refractivity contribution in [1.29, 1.82) is 0 Å². The third-order valence-corrected chi connectivity index (χ3v) is 5.90. The van der Waals surface area contributed by atoms with Crippen LogP contribution < -0.4 is 5.32 Å². The van der Waals surface area contributed by atoms with Crippen LogP contribution in [0.3, 0.4) is 0 Å². The number of anilines is 1. The molecule has 4 aromatic rings. The molecule has 0 amide bonds. The minimum atomic E-state index is -0.232. The summed E-state index contributed by atoms with van der Waals surface area (Å²) in [7, 11) is 0. The Hall–Kier alpha value is -3.02. The van der Waals surface area contributed by atoms with Gasteiger partial charge in [-0.1, -0.05) is 0 Å². The van der Waals surface area contributed by atoms with Crippen molar-refractivity contribution in [3.63, 3.8) is 0 Å². The lowest BCUT2D eigenvalue weighted by Gasteiger charge is -2.38. The van der Waals surface area contributed by atoms with Gasteiger partial charge < -0.3 is 9.88 Å². The smallest absolute Gasteiger partial charge is 0.160 e. The van der Waals surface area contributed by atoms with Gasteiger partial charge in [0.15, 0.2) is 5.65 Å². The first-order chi connectivity index (χ1) is 13.7. The van der Waals surface area contributed by atoms with Crippen LogP contribution in [0.25, 0.3) is 22.1 Å². The van der Waals surface area contributed by atoms with Crippen molar-refractivity contribution in [2.24, 2.45) is 0 Å². The number of imidazole rings is 1. The molecule has 0 aliphatic heterocycles. The average Bonchev–Trinajstić information content (AvgIpc) is 3.45. The lowest BCUT2D eigenvalue weighted by molar-refractivity contribution is 0.281. The van der Waals surface area contributed by atoms with Crippen LogP contribution in [0.15, 0.2) is 48.7 Å². The van der Waals surface area contributed by atoms with Gasteiger partial charge in [0, 0.05) is 29.6 Å². The zero-order valence-electron chi connectivity index (χ0n) is 15.3. The molecule has 5 nitrogen and oxygen atoms in total. The number of fused-ring (bicyclic) bond motifs is 2. The number of benzene rings is 1. The molecule has 2 fully saturated rings. The molecule has 0 bridgehead atoms. The van der Waals surface area contributed by atoms with Gasteiger partial charge in [-0.25, -0.2) is 19.3 Å². The molecule has 3 aromatic heterocycles. The van der Waals surface area contributed by atoms with E-state index in [1.165, 1.54) is 30.8 Å². The zero-order chi connectivity index (χ0) is 18.7. The second-order valence-corrected chi connectivity index (χ2v) is 7.96. The maximum absolute atomic E-state index is 13.3. The molecule has 6 rings (SSSR count). The van der Waals surface area contributed by atoms with Crippen LogP contribution in [0, 0.1) is 5.82 Å². The number of hydrogen-bond acceptors (Lipinski definition) is 4. The third kappa shape index (κ3) is 2.63. The standard InChI is InChI=1S/C22H20FN5/c23-15-6-7-18-14(10-15)5-8-20(26-18)25-16-11-17(12-16)28-21(13-3-4-13)27-19-2-1-9-24-22(19)28/h1-2,5-10,13,16-17H,3-4,11-12H2,(H,25,26)/t16-,17-. The molecular formula is C22H20FN5. The summed E-state index contributed by atoms with van der Waals surface area (Å²) in [5, 5.41) is 4.35. The maximum atomic E-state index is 13.3. The molecule has 1 N–H and O–H groups in total. The number of aromatic nitrogens is 4. The topological polar surface area (TPSA) is 55.6 Å². The Labute approximate surface area is 161 Å². The van der Waals surface area contributed by atoms with Gasteiger partial charge >= 0.3 is 0 Å². The molecule has 1 aromatic carbocycles. The van der Waals surface area contributed by atoms with Crippen LogP contribution in [-0.4, -0.2) is 25.6 Å². The quantitative estimate of drug-likeness (QED) is 0.558. The Morgan fingerprint density at radius 2 is 1.89 bits per heavy atom. The fourth-order valence-electron chi connectivity index (χ4n) is 4.24. The molecule has 3 heterocycles. The van der Waals surface area contributed by atoms with Crippen molar-refractivity contribution in [3.05, 3.63) is 60.3 Å². The van der Waals surface area contributed by atoms with E-state index >= 15 is 0 Å². The molecule has 28 heavy (non-hydrogen) atoms. The van der Waals surface area contributed by atoms with Crippen molar-refractivity contribution < 1.29 is 4.39 Å². The fourth-order valence-corrected chi connectivity index (χ4v) is 4.24. The van der Waals surface area contributed by atoms with Crippen LogP contribution in [0.2, 0.25) is 0 Å². The van der Waals surface area contributed by atoms with Gasteiger partial charge in [0.1, 0.15) is 23.0 Å². The van der Waals surface area contributed by atoms with E-state index in [0.29, 0.717) is 18.0 Å². The van der Waals surface area contributed by atoms with Crippen molar-refractivity contribution >= 4 is 27.9 Å². The molecule has 0 atom stereocenters. The number of pyridine rings is 2. The molecular weight excluding hydrogens is 353 g/mol. The first kappa shape index (κ1) is 16.0. The van der Waals surface area contributed by atoms with Gasteiger partial charge in [0.2, 0.25) is 0 Å². The van der Waals surface area contributed by atoms with Crippen molar-refractivity contribution in [3.8, 4) is 0 Å². The van der Waals surface area contributed by atoms with Gasteiger partial charge in [-0.3, -0.25) is 0 Å². The molecule has 140 valence electrons. The van der Waals surface area contributed by atoms with Gasteiger partial charge in [-0.05, 0) is 68.1 Å². The molecule has 6 heteroatoms. The third-order valence-electron chi connectivity index (χ3n) is 5.90.